The van der Waals surface area contributed by atoms with E-state index in [1.807, 2.05) is 0 Å². The van der Waals surface area contributed by atoms with E-state index in [4.69, 9.17) is 72.8 Å². The molecule has 20 heteroatoms. The molecule has 0 unspecified atom stereocenters. The van der Waals surface area contributed by atoms with Gasteiger partial charge in [0.15, 0.2) is 0 Å². The molecule has 0 aromatic heterocycles. The van der Waals surface area contributed by atoms with Crippen LogP contribution in [0.5, 0.6) is 0 Å². The summed E-state index contributed by atoms with van der Waals surface area (Å²) in [5, 5.41) is 60.9. The number of nitrogens with zero attached hydrogens (tertiary/aromatic N) is 4. The van der Waals surface area contributed by atoms with Crippen molar-refractivity contribution in [2.24, 2.45) is 11.5 Å². The Labute approximate surface area is 144 Å². The van der Waals surface area contributed by atoms with Gasteiger partial charge in [-0.05, 0) is 0 Å². The van der Waals surface area contributed by atoms with Gasteiger partial charge in [-0.1, -0.05) is 0 Å². The van der Waals surface area contributed by atoms with Crippen LogP contribution in [0.2, 0.25) is 0 Å². The van der Waals surface area contributed by atoms with Gasteiger partial charge in [0.2, 0.25) is 0 Å². The van der Waals surface area contributed by atoms with Crippen LogP contribution in [0.25, 0.3) is 0 Å². The van der Waals surface area contributed by atoms with Crippen LogP contribution < -0.4 is 22.1 Å². The molecule has 20 nitrogen and oxygen atoms in total. The number of nitrogens with two attached hydrogens (primary N) is 2. The van der Waals surface area contributed by atoms with Crippen LogP contribution in [0.15, 0.2) is 0 Å². The highest BCUT2D eigenvalue weighted by Crippen LogP contribution is 1.57. The first-order chi connectivity index (χ1) is 11.8. The van der Waals surface area contributed by atoms with Gasteiger partial charge in [-0.2, -0.15) is 0 Å². The van der Waals surface area contributed by atoms with Gasteiger partial charge in [0, 0.05) is 39.3 Å². The second-order valence-electron chi connectivity index (χ2n) is 3.03. The summed E-state index contributed by atoms with van der Waals surface area (Å²) in [4.78, 5) is 33.4. The Bertz CT molecular complexity index is 272. The van der Waals surface area contributed by atoms with Gasteiger partial charge in [0.25, 0.3) is 20.3 Å². The lowest BCUT2D eigenvalue weighted by Crippen LogP contribution is -2.32. The van der Waals surface area contributed by atoms with E-state index >= 15 is 0 Å². The third-order valence-corrected chi connectivity index (χ3v) is 1.12. The maximum atomic E-state index is 8.36. The Kier molecular flexibility index (Phi) is 43.6. The molecule has 0 saturated carbocycles. The average molecular weight is 398 g/mol. The van der Waals surface area contributed by atoms with Gasteiger partial charge < -0.3 is 42.9 Å². The zero-order chi connectivity index (χ0) is 22.0. The van der Waals surface area contributed by atoms with Crippen molar-refractivity contribution in [3.05, 3.63) is 40.5 Å². The number of hydrogen-bond donors (Lipinski definition) is 8. The van der Waals surface area contributed by atoms with Crippen molar-refractivity contribution in [3.8, 4) is 0 Å². The van der Waals surface area contributed by atoms with Gasteiger partial charge in [-0.25, -0.2) is 0 Å². The maximum absolute atomic E-state index is 8.36. The largest absolute Gasteiger partial charge is 0.329 e. The van der Waals surface area contributed by atoms with E-state index in [0.717, 1.165) is 26.2 Å². The molecule has 0 radical (unpaired) electrons. The topological polar surface area (TPSA) is 330 Å². The first kappa shape index (κ1) is 34.1. The molecule has 0 atom stereocenters. The van der Waals surface area contributed by atoms with E-state index in [0.29, 0.717) is 13.1 Å². The molecule has 0 amide bonds. The Balaban J connectivity index is -0.0000000776. The first-order valence-corrected chi connectivity index (χ1v) is 5.99. The van der Waals surface area contributed by atoms with Gasteiger partial charge in [-0.15, -0.1) is 40.5 Å². The predicted octanol–water partition coefficient (Wildman–Crippen LogP) is -3.31. The van der Waals surface area contributed by atoms with Crippen molar-refractivity contribution in [2.75, 3.05) is 39.3 Å². The van der Waals surface area contributed by atoms with Crippen molar-refractivity contribution in [1.82, 2.24) is 10.6 Å². The molecule has 0 aliphatic heterocycles. The predicted molar refractivity (Wildman–Crippen MR) is 79.0 cm³/mol. The summed E-state index contributed by atoms with van der Waals surface area (Å²) in [5.74, 6) is 0. The molecular formula is C6H22N8O12. The van der Waals surface area contributed by atoms with E-state index in [1.165, 1.54) is 0 Å². The average Bonchev–Trinajstić information content (AvgIpc) is 2.40. The van der Waals surface area contributed by atoms with E-state index in [-0.39, 0.29) is 0 Å². The summed E-state index contributed by atoms with van der Waals surface area (Å²) < 4.78 is 0. The van der Waals surface area contributed by atoms with Crippen LogP contribution in [0.1, 0.15) is 0 Å². The minimum atomic E-state index is -1.50. The number of rotatable bonds is 7. The smallest absolute Gasteiger partial charge is 0.291 e. The maximum Gasteiger partial charge on any atom is 0.291 e. The zero-order valence-corrected chi connectivity index (χ0v) is 13.2. The molecule has 0 rings (SSSR count). The van der Waals surface area contributed by atoms with Crippen LogP contribution in [0.3, 0.4) is 0 Å². The molecule has 0 aliphatic rings. The molecule has 0 saturated heterocycles. The standard InChI is InChI=1S/C6H18N4.4HNO3/c7-1-3-9-5-6-10-4-2-8;4*2-1(3)4/h9-10H,1-8H2;4*(H,2,3,4). The monoisotopic (exact) mass is 398 g/mol. The second kappa shape index (κ2) is 33.3. The lowest BCUT2D eigenvalue weighted by Gasteiger charge is -2.03. The molecule has 0 heterocycles. The summed E-state index contributed by atoms with van der Waals surface area (Å²) in [6.07, 6.45) is 0. The molecule has 0 aliphatic carbocycles. The summed E-state index contributed by atoms with van der Waals surface area (Å²) in [5.41, 5.74) is 10.5. The molecule has 10 N–H and O–H groups in total. The third kappa shape index (κ3) is 601. The van der Waals surface area contributed by atoms with Gasteiger partial charge in [0.1, 0.15) is 0 Å². The Morgan fingerprint density at radius 3 is 0.846 bits per heavy atom. The first-order valence-electron chi connectivity index (χ1n) is 5.99. The van der Waals surface area contributed by atoms with E-state index < -0.39 is 20.3 Å². The fourth-order valence-corrected chi connectivity index (χ4v) is 0.631. The Morgan fingerprint density at radius 1 is 0.577 bits per heavy atom. The van der Waals surface area contributed by atoms with Crippen LogP contribution in [-0.4, -0.2) is 80.4 Å². The van der Waals surface area contributed by atoms with Crippen molar-refractivity contribution < 1.29 is 41.2 Å². The van der Waals surface area contributed by atoms with Gasteiger partial charge in [0.05, 0.1) is 0 Å². The number of nitrogens with one attached hydrogen (secondary N) is 2. The normalized spacial score (nSPS) is 7.62. The minimum Gasteiger partial charge on any atom is -0.329 e. The van der Waals surface area contributed by atoms with Gasteiger partial charge >= 0.3 is 0 Å². The molecule has 0 fully saturated rings. The Hall–Kier alpha value is -3.36. The highest BCUT2D eigenvalue weighted by Gasteiger charge is 1.83. The van der Waals surface area contributed by atoms with Crippen molar-refractivity contribution in [3.63, 3.8) is 0 Å². The number of hydrogen-bond acceptors (Lipinski definition) is 12. The van der Waals surface area contributed by atoms with Crippen LogP contribution >= 0.6 is 0 Å². The van der Waals surface area contributed by atoms with E-state index in [9.17, 15) is 0 Å². The lowest BCUT2D eigenvalue weighted by molar-refractivity contribution is -0.742. The molecular weight excluding hydrogens is 376 g/mol. The molecule has 158 valence electrons. The quantitative estimate of drug-likeness (QED) is 0.118. The Morgan fingerprint density at radius 2 is 0.731 bits per heavy atom. The van der Waals surface area contributed by atoms with Crippen LogP contribution in [0.4, 0.5) is 0 Å². The fourth-order valence-electron chi connectivity index (χ4n) is 0.631. The second-order valence-corrected chi connectivity index (χ2v) is 3.03. The van der Waals surface area contributed by atoms with Crippen molar-refractivity contribution in [2.45, 2.75) is 0 Å². The van der Waals surface area contributed by atoms with Crippen molar-refractivity contribution in [1.29, 1.82) is 0 Å². The van der Waals surface area contributed by atoms with Gasteiger partial charge in [-0.3, -0.25) is 0 Å². The lowest BCUT2D eigenvalue weighted by atomic mass is 10.5. The minimum absolute atomic E-state index is 0.705. The molecule has 26 heavy (non-hydrogen) atoms. The molecule has 0 bridgehead atoms. The third-order valence-electron chi connectivity index (χ3n) is 1.12. The van der Waals surface area contributed by atoms with Crippen LogP contribution in [-0.2, 0) is 0 Å². The SMILES string of the molecule is NCCNCCNCCN.O=[N+]([O-])O.O=[N+]([O-])O.O=[N+]([O-])O.O=[N+]([O-])O. The molecule has 0 aromatic carbocycles. The van der Waals surface area contributed by atoms with E-state index in [2.05, 4.69) is 10.6 Å². The summed E-state index contributed by atoms with van der Waals surface area (Å²) in [6, 6.07) is 0. The zero-order valence-electron chi connectivity index (χ0n) is 13.2. The summed E-state index contributed by atoms with van der Waals surface area (Å²) in [6.45, 7) is 5.14. The molecule has 0 spiro atoms. The highest BCUT2D eigenvalue weighted by molar-refractivity contribution is 4.51. The van der Waals surface area contributed by atoms with Crippen molar-refractivity contribution >= 4 is 0 Å². The highest BCUT2D eigenvalue weighted by atomic mass is 16.9. The fraction of sp³-hybridized carbons (Fsp3) is 1.00. The van der Waals surface area contributed by atoms with E-state index in [1.54, 1.807) is 0 Å². The van der Waals surface area contributed by atoms with Crippen LogP contribution in [0, 0.1) is 40.5 Å². The summed E-state index contributed by atoms with van der Waals surface area (Å²) >= 11 is 0. The summed E-state index contributed by atoms with van der Waals surface area (Å²) in [7, 11) is 0. The molecule has 0 aromatic rings.